The highest BCUT2D eigenvalue weighted by molar-refractivity contribution is 6.33. The van der Waals surface area contributed by atoms with E-state index in [4.69, 9.17) is 27.9 Å². The van der Waals surface area contributed by atoms with Gasteiger partial charge in [-0.1, -0.05) is 29.3 Å². The number of nitrogens with zero attached hydrogens (tertiary/aromatic N) is 3. The maximum absolute atomic E-state index is 13.4. The lowest BCUT2D eigenvalue weighted by atomic mass is 10.0. The number of carbonyl (C=O) groups is 2. The van der Waals surface area contributed by atoms with Crippen molar-refractivity contribution in [2.45, 2.75) is 52.3 Å². The number of fused-ring (bicyclic) bond motifs is 2. The lowest BCUT2D eigenvalue weighted by Crippen LogP contribution is -2.34. The molecule has 10 nitrogen and oxygen atoms in total. The van der Waals surface area contributed by atoms with Crippen molar-refractivity contribution in [1.29, 1.82) is 0 Å². The molecule has 1 aliphatic heterocycles. The van der Waals surface area contributed by atoms with E-state index in [0.29, 0.717) is 17.9 Å². The SMILES string of the molecule is CC(C)(C)OC(=O)Nc1cc(Nc2cc(Cl)c3n(c2=O)CCCc2ccc(Cl)cc2CNC3=O)ncn1. The highest BCUT2D eigenvalue weighted by Gasteiger charge is 2.22. The van der Waals surface area contributed by atoms with Crippen molar-refractivity contribution in [1.82, 2.24) is 19.9 Å². The first-order valence-electron chi connectivity index (χ1n) is 11.6. The summed E-state index contributed by atoms with van der Waals surface area (Å²) >= 11 is 12.6. The molecular formula is C25H26Cl2N6O4. The molecule has 3 N–H and O–H groups in total. The van der Waals surface area contributed by atoms with Crippen LogP contribution in [0, 0.1) is 0 Å². The van der Waals surface area contributed by atoms with Gasteiger partial charge in [-0.2, -0.15) is 0 Å². The predicted octanol–water partition coefficient (Wildman–Crippen LogP) is 4.91. The molecule has 2 aromatic heterocycles. The topological polar surface area (TPSA) is 127 Å². The Hall–Kier alpha value is -3.63. The van der Waals surface area contributed by atoms with Crippen LogP contribution in [0.5, 0.6) is 0 Å². The molecule has 3 heterocycles. The summed E-state index contributed by atoms with van der Waals surface area (Å²) in [7, 11) is 0. The van der Waals surface area contributed by atoms with Crippen LogP contribution in [0.2, 0.25) is 10.0 Å². The first-order valence-corrected chi connectivity index (χ1v) is 12.3. The molecule has 37 heavy (non-hydrogen) atoms. The number of pyridine rings is 1. The van der Waals surface area contributed by atoms with E-state index in [-0.39, 0.29) is 41.1 Å². The number of aryl methyl sites for hydroxylation is 1. The summed E-state index contributed by atoms with van der Waals surface area (Å²) in [5.41, 5.74) is 1.05. The maximum atomic E-state index is 13.4. The standard InChI is InChI=1S/C25H26Cl2N6O4/c1-25(2,3)37-24(36)32-20-11-19(29-13-30-20)31-18-10-17(27)21-22(34)28-12-15-9-16(26)7-6-14(15)5-4-8-33(21)23(18)35/h6-7,9-11,13H,4-5,8,12H2,1-3H3,(H,28,34)(H2,29,30,31,32,36). The Balaban J connectivity index is 1.60. The number of benzene rings is 1. The number of ether oxygens (including phenoxy) is 1. The molecule has 4 rings (SSSR count). The van der Waals surface area contributed by atoms with Crippen LogP contribution in [0.1, 0.15) is 48.8 Å². The van der Waals surface area contributed by atoms with Crippen LogP contribution in [0.15, 0.2) is 41.5 Å². The molecule has 12 heteroatoms. The van der Waals surface area contributed by atoms with Gasteiger partial charge < -0.3 is 19.9 Å². The van der Waals surface area contributed by atoms with Gasteiger partial charge in [0.2, 0.25) is 0 Å². The van der Waals surface area contributed by atoms with E-state index >= 15 is 0 Å². The number of halogens is 2. The summed E-state index contributed by atoms with van der Waals surface area (Å²) in [6.45, 7) is 5.77. The van der Waals surface area contributed by atoms with Gasteiger partial charge in [-0.3, -0.25) is 14.9 Å². The van der Waals surface area contributed by atoms with Crippen LogP contribution in [0.3, 0.4) is 0 Å². The van der Waals surface area contributed by atoms with Gasteiger partial charge >= 0.3 is 6.09 Å². The van der Waals surface area contributed by atoms with Crippen molar-refractivity contribution >= 4 is 52.5 Å². The van der Waals surface area contributed by atoms with Crippen molar-refractivity contribution in [2.24, 2.45) is 0 Å². The third kappa shape index (κ3) is 6.58. The van der Waals surface area contributed by atoms with Gasteiger partial charge in [-0.05, 0) is 62.9 Å². The van der Waals surface area contributed by atoms with E-state index in [1.54, 1.807) is 26.8 Å². The highest BCUT2D eigenvalue weighted by Crippen LogP contribution is 2.24. The third-order valence-corrected chi connectivity index (χ3v) is 5.98. The van der Waals surface area contributed by atoms with Crippen molar-refractivity contribution < 1.29 is 14.3 Å². The van der Waals surface area contributed by atoms with Crippen LogP contribution >= 0.6 is 23.2 Å². The lowest BCUT2D eigenvalue weighted by Gasteiger charge is -2.20. The number of anilines is 3. The number of hydrogen-bond donors (Lipinski definition) is 3. The molecule has 0 fully saturated rings. The Morgan fingerprint density at radius 3 is 2.59 bits per heavy atom. The van der Waals surface area contributed by atoms with Gasteiger partial charge in [0.25, 0.3) is 11.5 Å². The molecule has 1 aromatic carbocycles. The average Bonchev–Trinajstić information content (AvgIpc) is 2.80. The van der Waals surface area contributed by atoms with Crippen LogP contribution in [0.25, 0.3) is 0 Å². The quantitative estimate of drug-likeness (QED) is 0.427. The Labute approximate surface area is 223 Å². The second-order valence-electron chi connectivity index (χ2n) is 9.45. The Bertz CT molecular complexity index is 1420. The summed E-state index contributed by atoms with van der Waals surface area (Å²) in [6, 6.07) is 8.39. The van der Waals surface area contributed by atoms with E-state index in [9.17, 15) is 14.4 Å². The monoisotopic (exact) mass is 544 g/mol. The summed E-state index contributed by atoms with van der Waals surface area (Å²) in [4.78, 5) is 46.6. The van der Waals surface area contributed by atoms with Gasteiger partial charge in [0, 0.05) is 24.2 Å². The van der Waals surface area contributed by atoms with Crippen molar-refractivity contribution in [3.05, 3.63) is 73.9 Å². The van der Waals surface area contributed by atoms with Crippen LogP contribution in [0.4, 0.5) is 22.1 Å². The zero-order valence-electron chi connectivity index (χ0n) is 20.5. The van der Waals surface area contributed by atoms with Crippen molar-refractivity contribution in [3.63, 3.8) is 0 Å². The molecule has 0 spiro atoms. The van der Waals surface area contributed by atoms with E-state index in [0.717, 1.165) is 11.1 Å². The van der Waals surface area contributed by atoms with Gasteiger partial charge in [0.15, 0.2) is 0 Å². The number of rotatable bonds is 3. The van der Waals surface area contributed by atoms with E-state index in [1.807, 2.05) is 12.1 Å². The molecular weight excluding hydrogens is 519 g/mol. The number of hydrogen-bond acceptors (Lipinski definition) is 7. The van der Waals surface area contributed by atoms with Crippen LogP contribution in [-0.2, 0) is 24.2 Å². The normalized spacial score (nSPS) is 13.6. The molecule has 194 valence electrons. The molecule has 1 aliphatic rings. The van der Waals surface area contributed by atoms with Crippen molar-refractivity contribution in [2.75, 3.05) is 10.6 Å². The molecule has 0 unspecified atom stereocenters. The minimum atomic E-state index is -0.678. The molecule has 0 saturated carbocycles. The Kier molecular flexibility index (Phi) is 7.70. The predicted molar refractivity (Wildman–Crippen MR) is 142 cm³/mol. The second kappa shape index (κ2) is 10.8. The second-order valence-corrected chi connectivity index (χ2v) is 10.3. The van der Waals surface area contributed by atoms with Gasteiger partial charge in [0.1, 0.15) is 34.9 Å². The Morgan fingerprint density at radius 2 is 1.84 bits per heavy atom. The summed E-state index contributed by atoms with van der Waals surface area (Å²) in [5.74, 6) is -0.0488. The first kappa shape index (κ1) is 26.4. The number of amides is 2. The fourth-order valence-corrected chi connectivity index (χ4v) is 4.39. The van der Waals surface area contributed by atoms with Gasteiger partial charge in [-0.25, -0.2) is 14.8 Å². The molecule has 3 aromatic rings. The van der Waals surface area contributed by atoms with E-state index < -0.39 is 23.2 Å². The molecule has 0 aliphatic carbocycles. The fourth-order valence-electron chi connectivity index (χ4n) is 3.90. The summed E-state index contributed by atoms with van der Waals surface area (Å²) in [5, 5.41) is 8.97. The largest absolute Gasteiger partial charge is 0.444 e. The molecule has 0 radical (unpaired) electrons. The highest BCUT2D eigenvalue weighted by atomic mass is 35.5. The minimum absolute atomic E-state index is 0.0812. The minimum Gasteiger partial charge on any atom is -0.444 e. The fraction of sp³-hybridized carbons (Fsp3) is 0.320. The summed E-state index contributed by atoms with van der Waals surface area (Å²) in [6.07, 6.45) is 1.84. The number of nitrogens with one attached hydrogen (secondary N) is 3. The summed E-state index contributed by atoms with van der Waals surface area (Å²) < 4.78 is 6.59. The van der Waals surface area contributed by atoms with Gasteiger partial charge in [-0.15, -0.1) is 0 Å². The average molecular weight is 545 g/mol. The molecule has 0 bridgehead atoms. The maximum Gasteiger partial charge on any atom is 0.413 e. The van der Waals surface area contributed by atoms with E-state index in [1.165, 1.54) is 23.0 Å². The zero-order chi connectivity index (χ0) is 26.7. The Morgan fingerprint density at radius 1 is 1.08 bits per heavy atom. The van der Waals surface area contributed by atoms with Crippen LogP contribution < -0.4 is 21.5 Å². The lowest BCUT2D eigenvalue weighted by molar-refractivity contribution is 0.0635. The molecule has 2 amide bonds. The van der Waals surface area contributed by atoms with Gasteiger partial charge in [0.05, 0.1) is 5.02 Å². The third-order valence-electron chi connectivity index (χ3n) is 5.45. The number of carbonyl (C=O) groups excluding carboxylic acids is 2. The first-order chi connectivity index (χ1) is 17.5. The molecule has 0 saturated heterocycles. The molecule has 0 atom stereocenters. The zero-order valence-corrected chi connectivity index (χ0v) is 22.0. The smallest absolute Gasteiger partial charge is 0.413 e. The van der Waals surface area contributed by atoms with Crippen molar-refractivity contribution in [3.8, 4) is 0 Å². The van der Waals surface area contributed by atoms with Crippen LogP contribution in [-0.4, -0.2) is 32.1 Å². The number of aromatic nitrogens is 3. The van der Waals surface area contributed by atoms with E-state index in [2.05, 4.69) is 25.9 Å².